The van der Waals surface area contributed by atoms with E-state index >= 15 is 0 Å². The second-order valence-electron chi connectivity index (χ2n) is 5.98. The van der Waals surface area contributed by atoms with Crippen molar-refractivity contribution in [1.82, 2.24) is 4.90 Å². The molecule has 2 aromatic carbocycles. The van der Waals surface area contributed by atoms with Gasteiger partial charge in [0.15, 0.2) is 0 Å². The Morgan fingerprint density at radius 1 is 1.13 bits per heavy atom. The molecule has 3 rings (SSSR count). The van der Waals surface area contributed by atoms with Crippen LogP contribution >= 0.6 is 12.4 Å². The first-order chi connectivity index (χ1) is 10.7. The van der Waals surface area contributed by atoms with Crippen LogP contribution in [0.4, 0.5) is 0 Å². The third-order valence-corrected chi connectivity index (χ3v) is 4.63. The molecule has 0 fully saturated rings. The molecule has 0 radical (unpaired) electrons. The zero-order valence-electron chi connectivity index (χ0n) is 13.4. The summed E-state index contributed by atoms with van der Waals surface area (Å²) in [5.41, 5.74) is 10.2. The van der Waals surface area contributed by atoms with E-state index in [1.165, 1.54) is 11.1 Å². The lowest BCUT2D eigenvalue weighted by Gasteiger charge is -2.32. The van der Waals surface area contributed by atoms with Crippen molar-refractivity contribution in [3.8, 4) is 0 Å². The number of fused-ring (bicyclic) bond motifs is 1. The Kier molecular flexibility index (Phi) is 5.80. The average molecular weight is 331 g/mol. The van der Waals surface area contributed by atoms with Gasteiger partial charge in [-0.1, -0.05) is 36.4 Å². The van der Waals surface area contributed by atoms with Gasteiger partial charge in [-0.05, 0) is 48.1 Å². The van der Waals surface area contributed by atoms with E-state index in [0.29, 0.717) is 6.54 Å². The number of nitrogens with two attached hydrogens (primary N) is 1. The highest BCUT2D eigenvalue weighted by molar-refractivity contribution is 5.94. The largest absolute Gasteiger partial charge is 0.338 e. The molecule has 0 bridgehead atoms. The van der Waals surface area contributed by atoms with E-state index in [2.05, 4.69) is 24.3 Å². The van der Waals surface area contributed by atoms with Crippen LogP contribution in [0, 0.1) is 0 Å². The molecule has 1 unspecified atom stereocenters. The topological polar surface area (TPSA) is 46.3 Å². The van der Waals surface area contributed by atoms with E-state index in [4.69, 9.17) is 5.73 Å². The molecule has 0 spiro atoms. The highest BCUT2D eigenvalue weighted by Gasteiger charge is 2.25. The third-order valence-electron chi connectivity index (χ3n) is 4.63. The monoisotopic (exact) mass is 330 g/mol. The van der Waals surface area contributed by atoms with Crippen molar-refractivity contribution in [2.24, 2.45) is 5.73 Å². The number of hydrogen-bond donors (Lipinski definition) is 1. The summed E-state index contributed by atoms with van der Waals surface area (Å²) in [6, 6.07) is 16.4. The maximum absolute atomic E-state index is 12.7. The summed E-state index contributed by atoms with van der Waals surface area (Å²) in [4.78, 5) is 14.5. The summed E-state index contributed by atoms with van der Waals surface area (Å²) < 4.78 is 0. The molecule has 0 aliphatic heterocycles. The molecular weight excluding hydrogens is 308 g/mol. The van der Waals surface area contributed by atoms with Gasteiger partial charge in [-0.15, -0.1) is 12.4 Å². The molecule has 2 N–H and O–H groups in total. The molecule has 0 aromatic heterocycles. The fourth-order valence-corrected chi connectivity index (χ4v) is 3.16. The Balaban J connectivity index is 0.00000192. The number of likely N-dealkylation sites (N-methyl/N-ethyl adjacent to an activating group) is 1. The smallest absolute Gasteiger partial charge is 0.253 e. The molecule has 1 aliphatic carbocycles. The van der Waals surface area contributed by atoms with Gasteiger partial charge in [0, 0.05) is 25.2 Å². The van der Waals surface area contributed by atoms with Crippen LogP contribution in [-0.2, 0) is 19.4 Å². The van der Waals surface area contributed by atoms with Crippen LogP contribution < -0.4 is 5.73 Å². The Bertz CT molecular complexity index is 669. The van der Waals surface area contributed by atoms with Crippen LogP contribution in [0.5, 0.6) is 0 Å². The molecule has 1 aliphatic rings. The standard InChI is InChI=1S/C19H22N2O.ClH/c1-21(19(22)16-8-6-14(13-20)7-9-16)18-11-10-15-4-2-3-5-17(15)12-18;/h2-9,18H,10-13,20H2,1H3;1H. The van der Waals surface area contributed by atoms with Gasteiger partial charge < -0.3 is 10.6 Å². The molecule has 2 aromatic rings. The predicted molar refractivity (Wildman–Crippen MR) is 95.9 cm³/mol. The Morgan fingerprint density at radius 3 is 2.43 bits per heavy atom. The molecule has 0 saturated heterocycles. The number of nitrogens with zero attached hydrogens (tertiary/aromatic N) is 1. The normalized spacial score (nSPS) is 16.2. The highest BCUT2D eigenvalue weighted by atomic mass is 35.5. The van der Waals surface area contributed by atoms with Gasteiger partial charge in [0.2, 0.25) is 0 Å². The molecular formula is C19H23ClN2O. The number of aryl methyl sites for hydroxylation is 1. The van der Waals surface area contributed by atoms with Gasteiger partial charge in [0.05, 0.1) is 0 Å². The van der Waals surface area contributed by atoms with Gasteiger partial charge in [0.25, 0.3) is 5.91 Å². The minimum Gasteiger partial charge on any atom is -0.338 e. The van der Waals surface area contributed by atoms with Crippen LogP contribution in [0.25, 0.3) is 0 Å². The lowest BCUT2D eigenvalue weighted by atomic mass is 9.87. The molecule has 4 heteroatoms. The van der Waals surface area contributed by atoms with Gasteiger partial charge in [0.1, 0.15) is 0 Å². The Hall–Kier alpha value is -1.84. The van der Waals surface area contributed by atoms with Crippen molar-refractivity contribution < 1.29 is 4.79 Å². The van der Waals surface area contributed by atoms with Gasteiger partial charge in [-0.3, -0.25) is 4.79 Å². The number of halogens is 1. The highest BCUT2D eigenvalue weighted by Crippen LogP contribution is 2.24. The van der Waals surface area contributed by atoms with Crippen LogP contribution in [0.3, 0.4) is 0 Å². The minimum atomic E-state index is 0. The van der Waals surface area contributed by atoms with Gasteiger partial charge in [-0.2, -0.15) is 0 Å². The first kappa shape index (κ1) is 17.5. The average Bonchev–Trinajstić information content (AvgIpc) is 2.60. The summed E-state index contributed by atoms with van der Waals surface area (Å²) in [6.07, 6.45) is 3.02. The molecule has 23 heavy (non-hydrogen) atoms. The zero-order chi connectivity index (χ0) is 15.5. The Labute approximate surface area is 143 Å². The summed E-state index contributed by atoms with van der Waals surface area (Å²) in [6.45, 7) is 0.504. The first-order valence-electron chi connectivity index (χ1n) is 7.82. The van der Waals surface area contributed by atoms with E-state index in [-0.39, 0.29) is 24.4 Å². The van der Waals surface area contributed by atoms with Crippen LogP contribution in [0.2, 0.25) is 0 Å². The van der Waals surface area contributed by atoms with E-state index < -0.39 is 0 Å². The van der Waals surface area contributed by atoms with Crippen molar-refractivity contribution in [1.29, 1.82) is 0 Å². The van der Waals surface area contributed by atoms with E-state index in [1.807, 2.05) is 36.2 Å². The molecule has 122 valence electrons. The van der Waals surface area contributed by atoms with Gasteiger partial charge in [-0.25, -0.2) is 0 Å². The van der Waals surface area contributed by atoms with E-state index in [0.717, 1.165) is 30.4 Å². The lowest BCUT2D eigenvalue weighted by molar-refractivity contribution is 0.0719. The van der Waals surface area contributed by atoms with Crippen molar-refractivity contribution in [2.75, 3.05) is 7.05 Å². The van der Waals surface area contributed by atoms with Crippen LogP contribution in [0.15, 0.2) is 48.5 Å². The van der Waals surface area contributed by atoms with Crippen molar-refractivity contribution in [2.45, 2.75) is 31.8 Å². The predicted octanol–water partition coefficient (Wildman–Crippen LogP) is 3.20. The van der Waals surface area contributed by atoms with E-state index in [1.54, 1.807) is 0 Å². The Morgan fingerprint density at radius 2 is 1.78 bits per heavy atom. The quantitative estimate of drug-likeness (QED) is 0.939. The number of carbonyl (C=O) groups excluding carboxylic acids is 1. The van der Waals surface area contributed by atoms with Crippen LogP contribution in [-0.4, -0.2) is 23.9 Å². The van der Waals surface area contributed by atoms with Crippen LogP contribution in [0.1, 0.15) is 33.5 Å². The zero-order valence-corrected chi connectivity index (χ0v) is 14.2. The molecule has 0 heterocycles. The fraction of sp³-hybridized carbons (Fsp3) is 0.316. The second-order valence-corrected chi connectivity index (χ2v) is 5.98. The van der Waals surface area contributed by atoms with Crippen molar-refractivity contribution in [3.63, 3.8) is 0 Å². The van der Waals surface area contributed by atoms with Gasteiger partial charge >= 0.3 is 0 Å². The number of rotatable bonds is 3. The van der Waals surface area contributed by atoms with Crippen molar-refractivity contribution in [3.05, 3.63) is 70.8 Å². The fourth-order valence-electron chi connectivity index (χ4n) is 3.16. The summed E-state index contributed by atoms with van der Waals surface area (Å²) in [7, 11) is 1.91. The van der Waals surface area contributed by atoms with Crippen molar-refractivity contribution >= 4 is 18.3 Å². The molecule has 0 saturated carbocycles. The van der Waals surface area contributed by atoms with E-state index in [9.17, 15) is 4.79 Å². The lowest BCUT2D eigenvalue weighted by Crippen LogP contribution is -2.40. The molecule has 1 atom stereocenters. The SMILES string of the molecule is CN(C(=O)c1ccc(CN)cc1)C1CCc2ccccc2C1.Cl. The molecule has 1 amide bonds. The minimum absolute atomic E-state index is 0. The second kappa shape index (κ2) is 7.62. The first-order valence-corrected chi connectivity index (χ1v) is 7.82. The molecule has 3 nitrogen and oxygen atoms in total. The summed E-state index contributed by atoms with van der Waals surface area (Å²) >= 11 is 0. The number of carbonyl (C=O) groups is 1. The number of benzene rings is 2. The summed E-state index contributed by atoms with van der Waals surface area (Å²) in [5, 5.41) is 0. The summed E-state index contributed by atoms with van der Waals surface area (Å²) in [5.74, 6) is 0.0907. The number of hydrogen-bond acceptors (Lipinski definition) is 2. The maximum atomic E-state index is 12.7. The number of amides is 1. The third kappa shape index (κ3) is 3.74. The maximum Gasteiger partial charge on any atom is 0.253 e.